The number of alkyl halides is 3. The van der Waals surface area contributed by atoms with Gasteiger partial charge in [-0.3, -0.25) is 9.59 Å². The first-order chi connectivity index (χ1) is 33.8. The second kappa shape index (κ2) is 25.7. The summed E-state index contributed by atoms with van der Waals surface area (Å²) in [7, 11) is 5.43. The molecule has 372 valence electrons. The molecule has 4 aromatic carbocycles. The standard InChI is InChI=1S/C27H29F3N4O2.C24H28ClN3O6/c1-33-13-10-20(11-14-33)32-23-6-3-7-25-22(23)16-21(34(25)18-27(28,29)30)5-4-12-31-24-9-8-19(17-35)15-26(24)36-2;1-26-6-8-32-10-11-33-15-23(29)27-7-9-34-17-4-2-16(3-5-17)18-12-19-20(24(30)31)14-28-22(19)13-21(18)25/h3,6-9,15-17,20,31-32H,10-14,18H2,1-2H3;2-5,12-14,26,28H,6-11,15H2,1H3,(H,27,29)(H,30,31). The van der Waals surface area contributed by atoms with Crippen molar-refractivity contribution >= 4 is 62.9 Å². The zero-order valence-corrected chi connectivity index (χ0v) is 39.9. The second-order valence-corrected chi connectivity index (χ2v) is 16.7. The molecule has 1 aliphatic heterocycles. The maximum absolute atomic E-state index is 13.5. The molecule has 1 fully saturated rings. The highest BCUT2D eigenvalue weighted by Crippen LogP contribution is 2.35. The van der Waals surface area contributed by atoms with E-state index in [1.54, 1.807) is 60.7 Å². The van der Waals surface area contributed by atoms with Crippen molar-refractivity contribution in [3.05, 3.63) is 107 Å². The fourth-order valence-corrected chi connectivity index (χ4v) is 7.95. The third kappa shape index (κ3) is 15.1. The van der Waals surface area contributed by atoms with Crippen LogP contribution >= 0.6 is 11.6 Å². The molecule has 7 rings (SSSR count). The molecule has 3 heterocycles. The number of nitrogens with one attached hydrogen (secondary N) is 5. The molecule has 0 unspecified atom stereocenters. The van der Waals surface area contributed by atoms with E-state index in [0.717, 1.165) is 61.0 Å². The Kier molecular flexibility index (Phi) is 19.3. The van der Waals surface area contributed by atoms with E-state index in [4.69, 9.17) is 30.5 Å². The van der Waals surface area contributed by atoms with Gasteiger partial charge in [0.15, 0.2) is 0 Å². The van der Waals surface area contributed by atoms with Crippen LogP contribution in [0.2, 0.25) is 5.02 Å². The predicted octanol–water partition coefficient (Wildman–Crippen LogP) is 7.93. The molecule has 0 bridgehead atoms. The number of carbonyl (C=O) groups excluding carboxylic acids is 2. The van der Waals surface area contributed by atoms with Gasteiger partial charge in [-0.15, -0.1) is 0 Å². The number of benzene rings is 4. The van der Waals surface area contributed by atoms with E-state index in [9.17, 15) is 32.7 Å². The number of amides is 1. The maximum Gasteiger partial charge on any atom is 0.406 e. The number of carboxylic acid groups (broad SMARTS) is 1. The van der Waals surface area contributed by atoms with E-state index < -0.39 is 18.7 Å². The number of likely N-dealkylation sites (tertiary alicyclic amines) is 1. The highest BCUT2D eigenvalue weighted by Gasteiger charge is 2.30. The zero-order valence-electron chi connectivity index (χ0n) is 39.1. The van der Waals surface area contributed by atoms with Gasteiger partial charge in [-0.2, -0.15) is 13.2 Å². The molecule has 0 radical (unpaired) electrons. The number of piperidine rings is 1. The van der Waals surface area contributed by atoms with Crippen LogP contribution in [0.15, 0.2) is 85.1 Å². The number of aromatic nitrogens is 2. The fourth-order valence-electron chi connectivity index (χ4n) is 7.68. The molecule has 6 N–H and O–H groups in total. The van der Waals surface area contributed by atoms with Gasteiger partial charge in [-0.1, -0.05) is 35.7 Å². The van der Waals surface area contributed by atoms with E-state index in [-0.39, 0.29) is 30.7 Å². The number of carboxylic acids is 1. The number of aldehydes is 1. The molecular weight excluding hydrogens is 931 g/mol. The Morgan fingerprint density at radius 3 is 2.43 bits per heavy atom. The molecule has 2 aromatic heterocycles. The van der Waals surface area contributed by atoms with Crippen molar-refractivity contribution in [3.8, 4) is 34.5 Å². The van der Waals surface area contributed by atoms with Gasteiger partial charge in [0.1, 0.15) is 37.5 Å². The molecule has 15 nitrogen and oxygen atoms in total. The van der Waals surface area contributed by atoms with Crippen molar-refractivity contribution < 1.29 is 51.6 Å². The number of aromatic carboxylic acids is 1. The van der Waals surface area contributed by atoms with Gasteiger partial charge < -0.3 is 59.8 Å². The summed E-state index contributed by atoms with van der Waals surface area (Å²) in [6, 6.07) is 23.1. The third-order valence-corrected chi connectivity index (χ3v) is 11.6. The van der Waals surface area contributed by atoms with Crippen LogP contribution in [0, 0.1) is 11.8 Å². The van der Waals surface area contributed by atoms with E-state index in [1.807, 2.05) is 25.2 Å². The van der Waals surface area contributed by atoms with Crippen LogP contribution in [0.3, 0.4) is 0 Å². The zero-order chi connectivity index (χ0) is 50.0. The molecule has 0 atom stereocenters. The van der Waals surface area contributed by atoms with Crippen LogP contribution in [-0.2, 0) is 20.8 Å². The lowest BCUT2D eigenvalue weighted by Gasteiger charge is -2.30. The minimum atomic E-state index is -4.38. The highest BCUT2D eigenvalue weighted by atomic mass is 35.5. The Morgan fingerprint density at radius 2 is 1.71 bits per heavy atom. The summed E-state index contributed by atoms with van der Waals surface area (Å²) in [5.41, 5.74) is 5.14. The van der Waals surface area contributed by atoms with Gasteiger partial charge in [0.2, 0.25) is 5.91 Å². The lowest BCUT2D eigenvalue weighted by molar-refractivity contribution is -0.140. The second-order valence-electron chi connectivity index (χ2n) is 16.3. The van der Waals surface area contributed by atoms with Crippen molar-refractivity contribution in [2.24, 2.45) is 0 Å². The molecule has 0 saturated carbocycles. The minimum absolute atomic E-state index is 0.0279. The van der Waals surface area contributed by atoms with Crippen LogP contribution in [0.5, 0.6) is 11.5 Å². The topological polar surface area (TPSA) is 180 Å². The number of halogens is 4. The van der Waals surface area contributed by atoms with Crippen LogP contribution in [0.25, 0.3) is 32.9 Å². The Hall–Kier alpha value is -6.75. The Bertz CT molecular complexity index is 2760. The van der Waals surface area contributed by atoms with E-state index in [2.05, 4.69) is 50.0 Å². The Labute approximate surface area is 408 Å². The van der Waals surface area contributed by atoms with Crippen molar-refractivity contribution in [2.75, 3.05) is 97.6 Å². The van der Waals surface area contributed by atoms with Crippen molar-refractivity contribution in [1.29, 1.82) is 0 Å². The van der Waals surface area contributed by atoms with Gasteiger partial charge in [-0.25, -0.2) is 4.79 Å². The van der Waals surface area contributed by atoms with Crippen LogP contribution in [0.4, 0.5) is 24.5 Å². The first-order valence-corrected chi connectivity index (χ1v) is 23.0. The average Bonchev–Trinajstić information content (AvgIpc) is 3.92. The Morgan fingerprint density at radius 1 is 0.943 bits per heavy atom. The van der Waals surface area contributed by atoms with Gasteiger partial charge in [0, 0.05) is 51.9 Å². The molecule has 19 heteroatoms. The number of nitrogens with zero attached hydrogens (tertiary/aromatic N) is 2. The number of anilines is 2. The highest BCUT2D eigenvalue weighted by molar-refractivity contribution is 6.34. The number of aromatic amines is 1. The quantitative estimate of drug-likeness (QED) is 0.0233. The lowest BCUT2D eigenvalue weighted by atomic mass is 10.0. The summed E-state index contributed by atoms with van der Waals surface area (Å²) in [5, 5.41) is 23.5. The summed E-state index contributed by atoms with van der Waals surface area (Å²) in [6.07, 6.45) is -0.249. The number of hydrogen-bond donors (Lipinski definition) is 6. The number of H-pyrrole nitrogens is 1. The first-order valence-electron chi connectivity index (χ1n) is 22.6. The fraction of sp³-hybridized carbons (Fsp3) is 0.353. The molecule has 70 heavy (non-hydrogen) atoms. The van der Waals surface area contributed by atoms with Crippen LogP contribution < -0.4 is 30.7 Å². The van der Waals surface area contributed by atoms with E-state index in [0.29, 0.717) is 82.9 Å². The SMILES string of the molecule is CNCCOCCOCC(=O)NCCOc1ccc(-c2cc3c(C(=O)O)c[nH]c3cc2Cl)cc1.COc1cc(C=O)ccc1NCC#Cc1cc2c(NC3CCN(C)CC3)cccc2n1CC(F)(F)F. The number of rotatable bonds is 21. The number of fused-ring (bicyclic) bond motifs is 2. The summed E-state index contributed by atoms with van der Waals surface area (Å²) in [5.74, 6) is 5.73. The molecule has 0 spiro atoms. The van der Waals surface area contributed by atoms with Gasteiger partial charge in [-0.05, 0) is 112 Å². The molecule has 1 amide bonds. The summed E-state index contributed by atoms with van der Waals surface area (Å²) in [6.45, 7) is 3.82. The van der Waals surface area contributed by atoms with Crippen LogP contribution in [0.1, 0.15) is 39.3 Å². The number of likely N-dealkylation sites (N-methyl/N-ethyl adjacent to an activating group) is 1. The summed E-state index contributed by atoms with van der Waals surface area (Å²) < 4.78 is 63.1. The number of methoxy groups -OCH3 is 1. The van der Waals surface area contributed by atoms with Crippen molar-refractivity contribution in [3.63, 3.8) is 0 Å². The van der Waals surface area contributed by atoms with E-state index in [1.165, 1.54) is 17.9 Å². The number of carbonyl (C=O) groups is 3. The molecule has 1 aliphatic rings. The normalized spacial score (nSPS) is 13.0. The molecule has 0 aliphatic carbocycles. The molecular formula is C51H57ClF3N7O8. The first kappa shape index (κ1) is 52.6. The van der Waals surface area contributed by atoms with Crippen molar-refractivity contribution in [1.82, 2.24) is 25.1 Å². The summed E-state index contributed by atoms with van der Waals surface area (Å²) in [4.78, 5) is 39.4. The van der Waals surface area contributed by atoms with Gasteiger partial charge >= 0.3 is 12.1 Å². The Balaban J connectivity index is 0.000000230. The lowest BCUT2D eigenvalue weighted by Crippen LogP contribution is -2.36. The number of ether oxygens (including phenoxy) is 4. The monoisotopic (exact) mass is 987 g/mol. The number of hydrogen-bond acceptors (Lipinski definition) is 11. The van der Waals surface area contributed by atoms with Crippen LogP contribution in [-0.4, -0.2) is 137 Å². The van der Waals surface area contributed by atoms with E-state index >= 15 is 0 Å². The minimum Gasteiger partial charge on any atom is -0.495 e. The molecule has 1 saturated heterocycles. The smallest absolute Gasteiger partial charge is 0.406 e. The van der Waals surface area contributed by atoms with Crippen molar-refractivity contribution in [2.45, 2.75) is 31.6 Å². The maximum atomic E-state index is 13.5. The molecule has 6 aromatic rings. The van der Waals surface area contributed by atoms with Gasteiger partial charge in [0.05, 0.1) is 67.5 Å². The predicted molar refractivity (Wildman–Crippen MR) is 266 cm³/mol. The van der Waals surface area contributed by atoms with Gasteiger partial charge in [0.25, 0.3) is 0 Å². The largest absolute Gasteiger partial charge is 0.495 e. The third-order valence-electron chi connectivity index (χ3n) is 11.3. The summed E-state index contributed by atoms with van der Waals surface area (Å²) >= 11 is 6.41. The average molecular weight is 989 g/mol.